The molecular weight excluding hydrogens is 317 g/mol. The third-order valence-corrected chi connectivity index (χ3v) is 3.33. The molecule has 9 heteroatoms. The predicted molar refractivity (Wildman–Crippen MR) is 73.5 cm³/mol. The summed E-state index contributed by atoms with van der Waals surface area (Å²) in [5.41, 5.74) is -1.90. The summed E-state index contributed by atoms with van der Waals surface area (Å²) in [5, 5.41) is 5.47. The normalized spacial score (nSPS) is 14.2. The average Bonchev–Trinajstić information content (AvgIpc) is 2.96. The van der Waals surface area contributed by atoms with Crippen LogP contribution in [-0.4, -0.2) is 29.7 Å². The molecular formula is C14H19F3N2O4. The highest BCUT2D eigenvalue weighted by molar-refractivity contribution is 5.96. The summed E-state index contributed by atoms with van der Waals surface area (Å²) >= 11 is 0. The summed E-state index contributed by atoms with van der Waals surface area (Å²) in [5.74, 6) is -3.00. The van der Waals surface area contributed by atoms with Crippen molar-refractivity contribution in [3.63, 3.8) is 0 Å². The fraction of sp³-hybridized carbons (Fsp3) is 0.643. The smallest absolute Gasteiger partial charge is 0.452 e. The number of carbonyl (C=O) groups is 2. The standard InChI is InChI=1S/C14H19F3N2O4/c1-4-5-6-7-13(2,12(21)22-3)18-11(20)9-8-10(23-19-9)14(15,16)17/h8H,4-7H2,1-3H3,(H,18,20). The monoisotopic (exact) mass is 336 g/mol. The van der Waals surface area contributed by atoms with Crippen molar-refractivity contribution >= 4 is 11.9 Å². The largest absolute Gasteiger partial charge is 0.467 e. The number of aromatic nitrogens is 1. The highest BCUT2D eigenvalue weighted by Gasteiger charge is 2.39. The fourth-order valence-corrected chi connectivity index (χ4v) is 2.00. The first kappa shape index (κ1) is 19.0. The summed E-state index contributed by atoms with van der Waals surface area (Å²) in [6.45, 7) is 3.43. The van der Waals surface area contributed by atoms with Crippen molar-refractivity contribution in [1.82, 2.24) is 10.5 Å². The highest BCUT2D eigenvalue weighted by atomic mass is 19.4. The first-order chi connectivity index (χ1) is 10.6. The number of methoxy groups -OCH3 is 1. The molecule has 0 aliphatic rings. The van der Waals surface area contributed by atoms with Gasteiger partial charge >= 0.3 is 12.1 Å². The zero-order valence-electron chi connectivity index (χ0n) is 13.1. The van der Waals surface area contributed by atoms with Crippen LogP contribution in [0.3, 0.4) is 0 Å². The Balaban J connectivity index is 2.88. The molecule has 23 heavy (non-hydrogen) atoms. The van der Waals surface area contributed by atoms with Gasteiger partial charge in [0.05, 0.1) is 7.11 Å². The summed E-state index contributed by atoms with van der Waals surface area (Å²) in [4.78, 5) is 23.9. The Labute approximate surface area is 131 Å². The maximum Gasteiger partial charge on any atom is 0.452 e. The highest BCUT2D eigenvalue weighted by Crippen LogP contribution is 2.29. The van der Waals surface area contributed by atoms with Crippen molar-refractivity contribution in [2.24, 2.45) is 0 Å². The molecule has 1 aromatic rings. The molecule has 1 atom stereocenters. The maximum absolute atomic E-state index is 12.5. The van der Waals surface area contributed by atoms with E-state index in [-0.39, 0.29) is 0 Å². The summed E-state index contributed by atoms with van der Waals surface area (Å²) < 4.78 is 46.1. The molecule has 0 aliphatic carbocycles. The van der Waals surface area contributed by atoms with Crippen LogP contribution < -0.4 is 5.32 Å². The van der Waals surface area contributed by atoms with Gasteiger partial charge in [0.25, 0.3) is 5.91 Å². The van der Waals surface area contributed by atoms with Gasteiger partial charge in [0.15, 0.2) is 5.69 Å². The van der Waals surface area contributed by atoms with Gasteiger partial charge in [0.1, 0.15) is 5.54 Å². The summed E-state index contributed by atoms with van der Waals surface area (Å²) in [6, 6.07) is 0.485. The number of ether oxygens (including phenoxy) is 1. The molecule has 130 valence electrons. The van der Waals surface area contributed by atoms with E-state index in [1.807, 2.05) is 6.92 Å². The topological polar surface area (TPSA) is 81.4 Å². The first-order valence-corrected chi connectivity index (χ1v) is 7.09. The number of hydrogen-bond donors (Lipinski definition) is 1. The molecule has 6 nitrogen and oxygen atoms in total. The van der Waals surface area contributed by atoms with E-state index in [4.69, 9.17) is 0 Å². The molecule has 1 amide bonds. The number of esters is 1. The Hall–Kier alpha value is -2.06. The zero-order chi connectivity index (χ0) is 17.7. The Morgan fingerprint density at radius 3 is 2.48 bits per heavy atom. The molecule has 0 fully saturated rings. The number of alkyl halides is 3. The van der Waals surface area contributed by atoms with Gasteiger partial charge in [-0.05, 0) is 13.3 Å². The van der Waals surface area contributed by atoms with Gasteiger partial charge in [-0.2, -0.15) is 13.2 Å². The molecule has 1 rings (SSSR count). The van der Waals surface area contributed by atoms with Crippen LogP contribution in [0, 0.1) is 0 Å². The number of amides is 1. The minimum atomic E-state index is -4.74. The second kappa shape index (κ2) is 7.47. The van der Waals surface area contributed by atoms with Crippen molar-refractivity contribution < 1.29 is 32.0 Å². The number of unbranched alkanes of at least 4 members (excludes halogenated alkanes) is 2. The summed E-state index contributed by atoms with van der Waals surface area (Å²) in [7, 11) is 1.17. The molecule has 1 aromatic heterocycles. The third kappa shape index (κ3) is 4.97. The van der Waals surface area contributed by atoms with Crippen molar-refractivity contribution in [3.8, 4) is 0 Å². The van der Waals surface area contributed by atoms with Gasteiger partial charge in [0.2, 0.25) is 5.76 Å². The van der Waals surface area contributed by atoms with E-state index in [0.717, 1.165) is 12.8 Å². The molecule has 1 heterocycles. The molecule has 0 bridgehead atoms. The third-order valence-electron chi connectivity index (χ3n) is 3.33. The zero-order valence-corrected chi connectivity index (χ0v) is 13.1. The quantitative estimate of drug-likeness (QED) is 0.611. The number of rotatable bonds is 7. The van der Waals surface area contributed by atoms with Crippen molar-refractivity contribution in [2.45, 2.75) is 51.2 Å². The molecule has 0 spiro atoms. The van der Waals surface area contributed by atoms with E-state index in [2.05, 4.69) is 19.7 Å². The lowest BCUT2D eigenvalue weighted by molar-refractivity contribution is -0.155. The van der Waals surface area contributed by atoms with Gasteiger partial charge in [-0.15, -0.1) is 0 Å². The lowest BCUT2D eigenvalue weighted by atomic mass is 9.94. The van der Waals surface area contributed by atoms with Crippen LogP contribution in [0.5, 0.6) is 0 Å². The lowest BCUT2D eigenvalue weighted by Crippen LogP contribution is -2.52. The molecule has 0 radical (unpaired) electrons. The lowest BCUT2D eigenvalue weighted by Gasteiger charge is -2.27. The van der Waals surface area contributed by atoms with Crippen LogP contribution in [0.1, 0.15) is 55.8 Å². The van der Waals surface area contributed by atoms with E-state index in [1.165, 1.54) is 14.0 Å². The van der Waals surface area contributed by atoms with E-state index >= 15 is 0 Å². The van der Waals surface area contributed by atoms with E-state index in [0.29, 0.717) is 18.9 Å². The summed E-state index contributed by atoms with van der Waals surface area (Å²) in [6.07, 6.45) is -2.05. The number of nitrogens with one attached hydrogen (secondary N) is 1. The Kier molecular flexibility index (Phi) is 6.17. The molecule has 0 saturated heterocycles. The van der Waals surface area contributed by atoms with Crippen LogP contribution in [0.25, 0.3) is 0 Å². The second-order valence-corrected chi connectivity index (χ2v) is 5.31. The van der Waals surface area contributed by atoms with E-state index < -0.39 is 35.0 Å². The van der Waals surface area contributed by atoms with Crippen LogP contribution in [0.2, 0.25) is 0 Å². The van der Waals surface area contributed by atoms with Gasteiger partial charge in [0, 0.05) is 6.07 Å². The fourth-order valence-electron chi connectivity index (χ4n) is 2.00. The average molecular weight is 336 g/mol. The predicted octanol–water partition coefficient (Wildman–Crippen LogP) is 2.94. The van der Waals surface area contributed by atoms with Gasteiger partial charge in [-0.3, -0.25) is 4.79 Å². The van der Waals surface area contributed by atoms with Gasteiger partial charge in [-0.1, -0.05) is 31.3 Å². The van der Waals surface area contributed by atoms with Crippen molar-refractivity contribution in [1.29, 1.82) is 0 Å². The Morgan fingerprint density at radius 2 is 2.00 bits per heavy atom. The first-order valence-electron chi connectivity index (χ1n) is 7.09. The van der Waals surface area contributed by atoms with Crippen LogP contribution in [-0.2, 0) is 15.7 Å². The van der Waals surface area contributed by atoms with E-state index in [1.54, 1.807) is 0 Å². The minimum absolute atomic E-state index is 0.295. The van der Waals surface area contributed by atoms with Gasteiger partial charge in [-0.25, -0.2) is 4.79 Å². The molecule has 1 unspecified atom stereocenters. The molecule has 0 aliphatic heterocycles. The van der Waals surface area contributed by atoms with Crippen LogP contribution in [0.4, 0.5) is 13.2 Å². The number of carbonyl (C=O) groups excluding carboxylic acids is 2. The minimum Gasteiger partial charge on any atom is -0.467 e. The molecule has 1 N–H and O–H groups in total. The Morgan fingerprint density at radius 1 is 1.35 bits per heavy atom. The Bertz CT molecular complexity index is 556. The van der Waals surface area contributed by atoms with Crippen molar-refractivity contribution in [2.75, 3.05) is 7.11 Å². The maximum atomic E-state index is 12.5. The number of halogens is 3. The van der Waals surface area contributed by atoms with E-state index in [9.17, 15) is 22.8 Å². The second-order valence-electron chi connectivity index (χ2n) is 5.31. The number of hydrogen-bond acceptors (Lipinski definition) is 5. The molecule has 0 saturated carbocycles. The van der Waals surface area contributed by atoms with Crippen molar-refractivity contribution in [3.05, 3.63) is 17.5 Å². The molecule has 0 aromatic carbocycles. The SMILES string of the molecule is CCCCCC(C)(NC(=O)c1cc(C(F)(F)F)on1)C(=O)OC. The number of nitrogens with zero attached hydrogens (tertiary/aromatic N) is 1. The van der Waals surface area contributed by atoms with Crippen LogP contribution >= 0.6 is 0 Å². The van der Waals surface area contributed by atoms with Crippen LogP contribution in [0.15, 0.2) is 10.6 Å². The van der Waals surface area contributed by atoms with Gasteiger partial charge < -0.3 is 14.6 Å².